The van der Waals surface area contributed by atoms with E-state index in [1.54, 1.807) is 31.2 Å². The molecule has 0 radical (unpaired) electrons. The number of aryl methyl sites for hydroxylation is 1. The molecule has 0 bridgehead atoms. The summed E-state index contributed by atoms with van der Waals surface area (Å²) in [4.78, 5) is 24.6. The third-order valence-corrected chi connectivity index (χ3v) is 4.87. The fourth-order valence-electron chi connectivity index (χ4n) is 3.37. The summed E-state index contributed by atoms with van der Waals surface area (Å²) in [6, 6.07) is 16.5. The van der Waals surface area contributed by atoms with Crippen LogP contribution < -0.4 is 5.32 Å². The largest absolute Gasteiger partial charge is 0.462 e. The maximum atomic E-state index is 13.8. The summed E-state index contributed by atoms with van der Waals surface area (Å²) in [6.07, 6.45) is 1.46. The molecule has 3 rings (SSSR count). The molecule has 1 N–H and O–H groups in total. The number of carbonyl (C=O) groups is 2. The van der Waals surface area contributed by atoms with E-state index in [9.17, 15) is 19.2 Å². The van der Waals surface area contributed by atoms with Crippen molar-refractivity contribution in [3.63, 3.8) is 0 Å². The highest BCUT2D eigenvalue weighted by atomic mass is 19.1. The molecule has 0 unspecified atom stereocenters. The Morgan fingerprint density at radius 3 is 2.59 bits per heavy atom. The monoisotopic (exact) mass is 431 g/mol. The number of halogens is 1. The summed E-state index contributed by atoms with van der Waals surface area (Å²) in [5.41, 5.74) is 3.30. The Balaban J connectivity index is 1.94. The van der Waals surface area contributed by atoms with Crippen LogP contribution in [0, 0.1) is 31.0 Å². The van der Waals surface area contributed by atoms with Crippen LogP contribution in [0.4, 0.5) is 10.1 Å². The summed E-state index contributed by atoms with van der Waals surface area (Å²) >= 11 is 0. The number of carbonyl (C=O) groups excluding carboxylic acids is 2. The molecule has 6 nitrogen and oxygen atoms in total. The van der Waals surface area contributed by atoms with Crippen LogP contribution in [0.5, 0.6) is 0 Å². The second-order valence-electron chi connectivity index (χ2n) is 7.04. The van der Waals surface area contributed by atoms with E-state index < -0.39 is 17.7 Å². The fraction of sp³-hybridized carbons (Fsp3) is 0.160. The number of ether oxygens (including phenoxy) is 1. The highest BCUT2D eigenvalue weighted by Crippen LogP contribution is 2.24. The van der Waals surface area contributed by atoms with Crippen LogP contribution in [-0.2, 0) is 9.53 Å². The van der Waals surface area contributed by atoms with E-state index in [1.807, 2.05) is 36.6 Å². The number of hydrogen-bond donors (Lipinski definition) is 1. The molecular formula is C25H22FN3O3. The Morgan fingerprint density at radius 2 is 1.91 bits per heavy atom. The summed E-state index contributed by atoms with van der Waals surface area (Å²) in [5.74, 6) is -1.70. The van der Waals surface area contributed by atoms with Crippen molar-refractivity contribution in [2.24, 2.45) is 0 Å². The van der Waals surface area contributed by atoms with Crippen LogP contribution in [0.1, 0.15) is 34.2 Å². The molecule has 0 spiro atoms. The number of amides is 1. The van der Waals surface area contributed by atoms with E-state index in [4.69, 9.17) is 4.74 Å². The van der Waals surface area contributed by atoms with Gasteiger partial charge in [-0.1, -0.05) is 18.2 Å². The lowest BCUT2D eigenvalue weighted by Gasteiger charge is -2.11. The van der Waals surface area contributed by atoms with Gasteiger partial charge in [0.15, 0.2) is 0 Å². The van der Waals surface area contributed by atoms with E-state index in [1.165, 1.54) is 24.3 Å². The Labute approximate surface area is 185 Å². The highest BCUT2D eigenvalue weighted by molar-refractivity contribution is 6.09. The number of esters is 1. The molecule has 2 aromatic carbocycles. The SMILES string of the molecule is CCOC(=O)c1cccc(-n2c(C)cc(/C=C(/C#N)C(=O)Nc3ccccc3F)c2C)c1. The lowest BCUT2D eigenvalue weighted by molar-refractivity contribution is -0.112. The second-order valence-corrected chi connectivity index (χ2v) is 7.04. The Morgan fingerprint density at radius 1 is 1.16 bits per heavy atom. The summed E-state index contributed by atoms with van der Waals surface area (Å²) in [7, 11) is 0. The van der Waals surface area contributed by atoms with Crippen LogP contribution >= 0.6 is 0 Å². The maximum absolute atomic E-state index is 13.8. The number of anilines is 1. The lowest BCUT2D eigenvalue weighted by atomic mass is 10.1. The zero-order valence-corrected chi connectivity index (χ0v) is 18.0. The van der Waals surface area contributed by atoms with Gasteiger partial charge >= 0.3 is 5.97 Å². The summed E-state index contributed by atoms with van der Waals surface area (Å²) in [5, 5.41) is 11.9. The van der Waals surface area contributed by atoms with Gasteiger partial charge < -0.3 is 14.6 Å². The molecule has 0 aliphatic rings. The number of aromatic nitrogens is 1. The van der Waals surface area contributed by atoms with Gasteiger partial charge in [0.25, 0.3) is 5.91 Å². The topological polar surface area (TPSA) is 84.1 Å². The van der Waals surface area contributed by atoms with Gasteiger partial charge in [-0.25, -0.2) is 9.18 Å². The molecular weight excluding hydrogens is 409 g/mol. The minimum absolute atomic E-state index is 0.0000899. The second kappa shape index (κ2) is 9.75. The Bertz CT molecular complexity index is 1250. The quantitative estimate of drug-likeness (QED) is 0.340. The number of nitrogens with zero attached hydrogens (tertiary/aromatic N) is 2. The third-order valence-electron chi connectivity index (χ3n) is 4.87. The molecule has 0 aliphatic heterocycles. The molecule has 3 aromatic rings. The standard InChI is InChI=1S/C25H22FN3O3/c1-4-32-25(31)18-8-7-9-21(14-18)29-16(2)12-19(17(29)3)13-20(15-27)24(30)28-23-11-6-5-10-22(23)26/h5-14H,4H2,1-3H3,(H,28,30)/b20-13-. The summed E-state index contributed by atoms with van der Waals surface area (Å²) in [6.45, 7) is 5.76. The van der Waals surface area contributed by atoms with Gasteiger partial charge in [0.2, 0.25) is 0 Å². The zero-order chi connectivity index (χ0) is 23.3. The average molecular weight is 431 g/mol. The molecule has 1 aromatic heterocycles. The van der Waals surface area contributed by atoms with E-state index in [0.29, 0.717) is 11.1 Å². The minimum atomic E-state index is -0.702. The molecule has 1 amide bonds. The number of rotatable bonds is 6. The molecule has 0 saturated carbocycles. The van der Waals surface area contributed by atoms with Gasteiger partial charge in [-0.3, -0.25) is 4.79 Å². The predicted octanol–water partition coefficient (Wildman–Crippen LogP) is 4.96. The van der Waals surface area contributed by atoms with Crippen LogP contribution in [0.25, 0.3) is 11.8 Å². The van der Waals surface area contributed by atoms with Crippen molar-refractivity contribution < 1.29 is 18.7 Å². The van der Waals surface area contributed by atoms with E-state index in [0.717, 1.165) is 17.1 Å². The van der Waals surface area contributed by atoms with Crippen LogP contribution in [0.2, 0.25) is 0 Å². The van der Waals surface area contributed by atoms with Crippen molar-refractivity contribution in [2.75, 3.05) is 11.9 Å². The van der Waals surface area contributed by atoms with Gasteiger partial charge in [-0.15, -0.1) is 0 Å². The molecule has 1 heterocycles. The van der Waals surface area contributed by atoms with Gasteiger partial charge in [0, 0.05) is 17.1 Å². The van der Waals surface area contributed by atoms with Gasteiger partial charge in [0.05, 0.1) is 17.9 Å². The first-order valence-corrected chi connectivity index (χ1v) is 9.99. The normalized spacial score (nSPS) is 11.0. The third kappa shape index (κ3) is 4.76. The molecule has 0 atom stereocenters. The maximum Gasteiger partial charge on any atom is 0.338 e. The van der Waals surface area contributed by atoms with E-state index >= 15 is 0 Å². The highest BCUT2D eigenvalue weighted by Gasteiger charge is 2.16. The molecule has 162 valence electrons. The first-order chi connectivity index (χ1) is 15.3. The van der Waals surface area contributed by atoms with E-state index in [-0.39, 0.29) is 17.9 Å². The Kier molecular flexibility index (Phi) is 6.86. The first-order valence-electron chi connectivity index (χ1n) is 9.99. The van der Waals surface area contributed by atoms with Crippen LogP contribution in [0.15, 0.2) is 60.2 Å². The fourth-order valence-corrected chi connectivity index (χ4v) is 3.37. The number of hydrogen-bond acceptors (Lipinski definition) is 4. The van der Waals surface area contributed by atoms with Crippen molar-refractivity contribution in [1.29, 1.82) is 5.26 Å². The van der Waals surface area contributed by atoms with Crippen LogP contribution in [0.3, 0.4) is 0 Å². The van der Waals surface area contributed by atoms with Crippen molar-refractivity contribution in [1.82, 2.24) is 4.57 Å². The smallest absolute Gasteiger partial charge is 0.338 e. The van der Waals surface area contributed by atoms with E-state index in [2.05, 4.69) is 5.32 Å². The molecule has 0 aliphatic carbocycles. The summed E-state index contributed by atoms with van der Waals surface area (Å²) < 4.78 is 20.8. The van der Waals surface area contributed by atoms with Gasteiger partial charge in [-0.05, 0) is 68.8 Å². The van der Waals surface area contributed by atoms with Crippen molar-refractivity contribution >= 4 is 23.6 Å². The number of para-hydroxylation sites is 1. The van der Waals surface area contributed by atoms with Gasteiger partial charge in [-0.2, -0.15) is 5.26 Å². The van der Waals surface area contributed by atoms with Crippen molar-refractivity contribution in [3.8, 4) is 11.8 Å². The number of benzene rings is 2. The number of nitrogens with one attached hydrogen (secondary N) is 1. The average Bonchev–Trinajstić information content (AvgIpc) is 3.06. The number of nitriles is 1. The molecule has 0 fully saturated rings. The first kappa shape index (κ1) is 22.5. The molecule has 0 saturated heterocycles. The predicted molar refractivity (Wildman–Crippen MR) is 120 cm³/mol. The lowest BCUT2D eigenvalue weighted by Crippen LogP contribution is -2.14. The van der Waals surface area contributed by atoms with Crippen LogP contribution in [-0.4, -0.2) is 23.1 Å². The molecule has 32 heavy (non-hydrogen) atoms. The molecule has 7 heteroatoms. The van der Waals surface area contributed by atoms with Crippen molar-refractivity contribution in [3.05, 3.63) is 88.5 Å². The minimum Gasteiger partial charge on any atom is -0.462 e. The van der Waals surface area contributed by atoms with Gasteiger partial charge in [0.1, 0.15) is 17.5 Å². The zero-order valence-electron chi connectivity index (χ0n) is 18.0. The Hall–Kier alpha value is -4.18. The van der Waals surface area contributed by atoms with Crippen molar-refractivity contribution in [2.45, 2.75) is 20.8 Å².